The van der Waals surface area contributed by atoms with Crippen LogP contribution < -0.4 is 11.1 Å². The minimum atomic E-state index is -0.363. The molecule has 1 amide bonds. The van der Waals surface area contributed by atoms with Gasteiger partial charge in [-0.05, 0) is 43.0 Å². The van der Waals surface area contributed by atoms with Crippen molar-refractivity contribution in [2.45, 2.75) is 25.2 Å². The Morgan fingerprint density at radius 3 is 2.45 bits per heavy atom. The van der Waals surface area contributed by atoms with Gasteiger partial charge >= 0.3 is 0 Å². The molecule has 3 rings (SSSR count). The molecule has 0 radical (unpaired) electrons. The number of aryl methyl sites for hydroxylation is 1. The number of anilines is 2. The third-order valence-electron chi connectivity index (χ3n) is 3.97. The first-order valence-corrected chi connectivity index (χ1v) is 6.85. The van der Waals surface area contributed by atoms with Gasteiger partial charge in [0.1, 0.15) is 0 Å². The lowest BCUT2D eigenvalue weighted by atomic mass is 9.95. The number of carbonyl (C=O) groups excluding carboxylic acids is 1. The molecule has 1 fully saturated rings. The van der Waals surface area contributed by atoms with Gasteiger partial charge in [-0.25, -0.2) is 0 Å². The van der Waals surface area contributed by atoms with Crippen molar-refractivity contribution in [2.24, 2.45) is 0 Å². The number of hydrogen-bond donors (Lipinski definition) is 2. The van der Waals surface area contributed by atoms with Crippen LogP contribution >= 0.6 is 0 Å². The summed E-state index contributed by atoms with van der Waals surface area (Å²) in [7, 11) is 0. The van der Waals surface area contributed by atoms with Crippen LogP contribution in [0.3, 0.4) is 0 Å². The second-order valence-corrected chi connectivity index (χ2v) is 5.49. The van der Waals surface area contributed by atoms with Gasteiger partial charge in [-0.3, -0.25) is 4.79 Å². The average Bonchev–Trinajstić information content (AvgIpc) is 3.24. The first kappa shape index (κ1) is 12.7. The van der Waals surface area contributed by atoms with Gasteiger partial charge in [0.15, 0.2) is 0 Å². The molecule has 0 unspecified atom stereocenters. The Morgan fingerprint density at radius 2 is 1.85 bits per heavy atom. The van der Waals surface area contributed by atoms with Crippen molar-refractivity contribution in [3.8, 4) is 0 Å². The van der Waals surface area contributed by atoms with Gasteiger partial charge in [0.25, 0.3) is 0 Å². The van der Waals surface area contributed by atoms with E-state index in [4.69, 9.17) is 5.73 Å². The molecule has 3 heteroatoms. The topological polar surface area (TPSA) is 55.1 Å². The molecule has 0 spiro atoms. The maximum atomic E-state index is 12.6. The molecule has 2 aromatic carbocycles. The molecule has 3 nitrogen and oxygen atoms in total. The van der Waals surface area contributed by atoms with E-state index in [9.17, 15) is 4.79 Å². The number of nitrogens with two attached hydrogens (primary N) is 1. The molecule has 1 saturated carbocycles. The summed E-state index contributed by atoms with van der Waals surface area (Å²) in [5, 5.41) is 2.97. The fourth-order valence-corrected chi connectivity index (χ4v) is 2.57. The third kappa shape index (κ3) is 2.16. The summed E-state index contributed by atoms with van der Waals surface area (Å²) in [6.07, 6.45) is 1.79. The van der Waals surface area contributed by atoms with Crippen LogP contribution in [0.5, 0.6) is 0 Å². The summed E-state index contributed by atoms with van der Waals surface area (Å²) in [6.45, 7) is 1.98. The van der Waals surface area contributed by atoms with Crippen LogP contribution in [0, 0.1) is 6.92 Å². The number of hydrogen-bond acceptors (Lipinski definition) is 2. The monoisotopic (exact) mass is 266 g/mol. The highest BCUT2D eigenvalue weighted by Crippen LogP contribution is 2.49. The number of rotatable bonds is 3. The first-order chi connectivity index (χ1) is 9.62. The fraction of sp³-hybridized carbons (Fsp3) is 0.235. The first-order valence-electron chi connectivity index (χ1n) is 6.85. The number of benzene rings is 2. The van der Waals surface area contributed by atoms with Gasteiger partial charge in [-0.2, -0.15) is 0 Å². The zero-order valence-corrected chi connectivity index (χ0v) is 11.5. The summed E-state index contributed by atoms with van der Waals surface area (Å²) in [5.41, 5.74) is 9.08. The van der Waals surface area contributed by atoms with Gasteiger partial charge in [0.05, 0.1) is 16.8 Å². The molecule has 1 aliphatic rings. The molecule has 0 aliphatic heterocycles. The van der Waals surface area contributed by atoms with Crippen molar-refractivity contribution >= 4 is 17.3 Å². The van der Waals surface area contributed by atoms with Crippen molar-refractivity contribution < 1.29 is 4.79 Å². The van der Waals surface area contributed by atoms with Gasteiger partial charge in [0, 0.05) is 0 Å². The summed E-state index contributed by atoms with van der Waals surface area (Å²) in [5.74, 6) is 0.0410. The van der Waals surface area contributed by atoms with Gasteiger partial charge in [-0.1, -0.05) is 36.4 Å². The van der Waals surface area contributed by atoms with Crippen molar-refractivity contribution in [3.63, 3.8) is 0 Å². The smallest absolute Gasteiger partial charge is 0.235 e. The van der Waals surface area contributed by atoms with Gasteiger partial charge in [0.2, 0.25) is 5.91 Å². The Hall–Kier alpha value is -2.29. The lowest BCUT2D eigenvalue weighted by Gasteiger charge is -2.17. The molecule has 0 atom stereocenters. The SMILES string of the molecule is Cc1ccc(NC(=O)C2(c3ccccc3)CC2)c(N)c1. The number of carbonyl (C=O) groups is 1. The molecule has 102 valence electrons. The highest BCUT2D eigenvalue weighted by atomic mass is 16.2. The Kier molecular flexibility index (Phi) is 2.97. The van der Waals surface area contributed by atoms with E-state index in [1.165, 1.54) is 0 Å². The second-order valence-electron chi connectivity index (χ2n) is 5.49. The molecule has 0 bridgehead atoms. The molecule has 20 heavy (non-hydrogen) atoms. The second kappa shape index (κ2) is 4.67. The normalized spacial score (nSPS) is 15.7. The largest absolute Gasteiger partial charge is 0.397 e. The van der Waals surface area contributed by atoms with Crippen LogP contribution in [0.15, 0.2) is 48.5 Å². The maximum Gasteiger partial charge on any atom is 0.235 e. The van der Waals surface area contributed by atoms with Crippen molar-refractivity contribution in [1.29, 1.82) is 0 Å². The summed E-state index contributed by atoms with van der Waals surface area (Å²) >= 11 is 0. The van der Waals surface area contributed by atoms with Crippen LogP contribution in [0.25, 0.3) is 0 Å². The summed E-state index contributed by atoms with van der Waals surface area (Å²) in [4.78, 5) is 12.6. The molecule has 0 heterocycles. The number of amides is 1. The zero-order valence-electron chi connectivity index (χ0n) is 11.5. The minimum Gasteiger partial charge on any atom is -0.397 e. The number of nitrogen functional groups attached to an aromatic ring is 1. The Morgan fingerprint density at radius 1 is 1.15 bits per heavy atom. The van der Waals surface area contributed by atoms with E-state index in [2.05, 4.69) is 5.32 Å². The van der Waals surface area contributed by atoms with Crippen LogP contribution in [0.1, 0.15) is 24.0 Å². The van der Waals surface area contributed by atoms with E-state index < -0.39 is 0 Å². The van der Waals surface area contributed by atoms with Gasteiger partial charge < -0.3 is 11.1 Å². The standard InChI is InChI=1S/C17H18N2O/c1-12-7-8-15(14(18)11-12)19-16(20)17(9-10-17)13-5-3-2-4-6-13/h2-8,11H,9-10,18H2,1H3,(H,19,20). The van der Waals surface area contributed by atoms with E-state index in [-0.39, 0.29) is 11.3 Å². The molecule has 0 saturated heterocycles. The predicted octanol–water partition coefficient (Wildman–Crippen LogP) is 3.25. The van der Waals surface area contributed by atoms with E-state index in [0.717, 1.165) is 24.0 Å². The third-order valence-corrected chi connectivity index (χ3v) is 3.97. The average molecular weight is 266 g/mol. The van der Waals surface area contributed by atoms with E-state index in [1.54, 1.807) is 0 Å². The summed E-state index contributed by atoms with van der Waals surface area (Å²) < 4.78 is 0. The Balaban J connectivity index is 1.83. The maximum absolute atomic E-state index is 12.6. The summed E-state index contributed by atoms with van der Waals surface area (Å²) in [6, 6.07) is 15.6. The van der Waals surface area contributed by atoms with Crippen molar-refractivity contribution in [2.75, 3.05) is 11.1 Å². The number of nitrogens with one attached hydrogen (secondary N) is 1. The van der Waals surface area contributed by atoms with Crippen LogP contribution in [0.4, 0.5) is 11.4 Å². The van der Waals surface area contributed by atoms with Crippen molar-refractivity contribution in [3.05, 3.63) is 59.7 Å². The zero-order chi connectivity index (χ0) is 14.2. The Bertz CT molecular complexity index is 645. The Labute approximate surface area is 118 Å². The van der Waals surface area contributed by atoms with Crippen LogP contribution in [0.2, 0.25) is 0 Å². The van der Waals surface area contributed by atoms with E-state index in [1.807, 2.05) is 55.5 Å². The van der Waals surface area contributed by atoms with Crippen LogP contribution in [-0.4, -0.2) is 5.91 Å². The lowest BCUT2D eigenvalue weighted by molar-refractivity contribution is -0.118. The molecular weight excluding hydrogens is 248 g/mol. The molecule has 2 aromatic rings. The minimum absolute atomic E-state index is 0.0410. The fourth-order valence-electron chi connectivity index (χ4n) is 2.57. The quantitative estimate of drug-likeness (QED) is 0.838. The van der Waals surface area contributed by atoms with Crippen LogP contribution in [-0.2, 0) is 10.2 Å². The van der Waals surface area contributed by atoms with Crippen molar-refractivity contribution in [1.82, 2.24) is 0 Å². The highest BCUT2D eigenvalue weighted by Gasteiger charge is 2.51. The molecule has 1 aliphatic carbocycles. The lowest BCUT2D eigenvalue weighted by Crippen LogP contribution is -2.28. The highest BCUT2D eigenvalue weighted by molar-refractivity contribution is 6.03. The molecule has 3 N–H and O–H groups in total. The molecular formula is C17H18N2O. The molecule has 0 aromatic heterocycles. The predicted molar refractivity (Wildman–Crippen MR) is 81.6 cm³/mol. The van der Waals surface area contributed by atoms with E-state index in [0.29, 0.717) is 11.4 Å². The van der Waals surface area contributed by atoms with E-state index >= 15 is 0 Å². The van der Waals surface area contributed by atoms with Gasteiger partial charge in [-0.15, -0.1) is 0 Å².